The van der Waals surface area contributed by atoms with Gasteiger partial charge in [-0.1, -0.05) is 49.6 Å². The monoisotopic (exact) mass is 230 g/mol. The van der Waals surface area contributed by atoms with Gasteiger partial charge in [-0.2, -0.15) is 0 Å². The number of ketones is 1. The largest absolute Gasteiger partial charge is 0.300 e. The molecule has 0 unspecified atom stereocenters. The molecule has 1 aliphatic carbocycles. The highest BCUT2D eigenvalue weighted by Gasteiger charge is 2.20. The zero-order chi connectivity index (χ0) is 11.9. The van der Waals surface area contributed by atoms with Crippen molar-refractivity contribution in [3.63, 3.8) is 0 Å². The fourth-order valence-electron chi connectivity index (χ4n) is 2.72. The maximum Gasteiger partial charge on any atom is 0.133 e. The van der Waals surface area contributed by atoms with Crippen LogP contribution in [0.4, 0.5) is 0 Å². The highest BCUT2D eigenvalue weighted by atomic mass is 16.1. The summed E-state index contributed by atoms with van der Waals surface area (Å²) in [6.45, 7) is 0. The minimum atomic E-state index is 0.485. The van der Waals surface area contributed by atoms with Gasteiger partial charge in [0.1, 0.15) is 5.78 Å². The van der Waals surface area contributed by atoms with Gasteiger partial charge in [-0.3, -0.25) is 4.79 Å². The molecule has 0 heterocycles. The van der Waals surface area contributed by atoms with E-state index < -0.39 is 0 Å². The maximum absolute atomic E-state index is 11.1. The molecular weight excluding hydrogens is 208 g/mol. The molecule has 92 valence electrons. The molecule has 0 amide bonds. The molecule has 0 bridgehead atoms. The van der Waals surface area contributed by atoms with Crippen LogP contribution in [0.25, 0.3) is 0 Å². The molecule has 0 saturated heterocycles. The quantitative estimate of drug-likeness (QED) is 0.671. The third kappa shape index (κ3) is 4.33. The molecule has 1 fully saturated rings. The van der Waals surface area contributed by atoms with E-state index in [0.29, 0.717) is 11.7 Å². The highest BCUT2D eigenvalue weighted by molar-refractivity contribution is 5.80. The van der Waals surface area contributed by atoms with Gasteiger partial charge in [0.15, 0.2) is 0 Å². The third-order valence-electron chi connectivity index (χ3n) is 3.77. The minimum absolute atomic E-state index is 0.485. The van der Waals surface area contributed by atoms with Gasteiger partial charge in [0, 0.05) is 12.8 Å². The molecule has 1 aromatic carbocycles. The van der Waals surface area contributed by atoms with Gasteiger partial charge in [-0.05, 0) is 30.7 Å². The number of hydrogen-bond acceptors (Lipinski definition) is 1. The topological polar surface area (TPSA) is 17.1 Å². The van der Waals surface area contributed by atoms with E-state index in [9.17, 15) is 4.79 Å². The van der Waals surface area contributed by atoms with Crippen LogP contribution in [0.5, 0.6) is 0 Å². The van der Waals surface area contributed by atoms with E-state index in [4.69, 9.17) is 0 Å². The molecule has 2 rings (SSSR count). The van der Waals surface area contributed by atoms with Crippen LogP contribution in [0, 0.1) is 5.92 Å². The second kappa shape index (κ2) is 6.58. The van der Waals surface area contributed by atoms with Crippen LogP contribution in [0.3, 0.4) is 0 Å². The Morgan fingerprint density at radius 3 is 2.59 bits per heavy atom. The number of Topliss-reactive ketones (excluding diaryl/α,β-unsaturated/α-hetero) is 1. The number of aryl methyl sites for hydroxylation is 1. The molecule has 1 atom stereocenters. The Morgan fingerprint density at radius 1 is 1.06 bits per heavy atom. The van der Waals surface area contributed by atoms with E-state index in [1.165, 1.54) is 37.7 Å². The normalized spacial score (nSPS) is 19.8. The van der Waals surface area contributed by atoms with Crippen molar-refractivity contribution in [3.8, 4) is 0 Å². The van der Waals surface area contributed by atoms with Crippen molar-refractivity contribution in [2.24, 2.45) is 5.92 Å². The molecule has 0 aromatic heterocycles. The van der Waals surface area contributed by atoms with Gasteiger partial charge in [0.05, 0.1) is 0 Å². The van der Waals surface area contributed by atoms with Crippen LogP contribution >= 0.6 is 0 Å². The van der Waals surface area contributed by atoms with E-state index in [1.807, 2.05) is 0 Å². The van der Waals surface area contributed by atoms with Crippen LogP contribution in [-0.2, 0) is 11.2 Å². The van der Waals surface area contributed by atoms with Crippen molar-refractivity contribution in [1.29, 1.82) is 0 Å². The molecule has 17 heavy (non-hydrogen) atoms. The SMILES string of the molecule is O=C1CC[C@H](CCCCCc2ccccc2)C1. The third-order valence-corrected chi connectivity index (χ3v) is 3.77. The Balaban J connectivity index is 1.53. The number of rotatable bonds is 6. The van der Waals surface area contributed by atoms with Crippen LogP contribution < -0.4 is 0 Å². The predicted molar refractivity (Wildman–Crippen MR) is 71.0 cm³/mol. The first-order chi connectivity index (χ1) is 8.34. The first kappa shape index (κ1) is 12.3. The van der Waals surface area contributed by atoms with Crippen molar-refractivity contribution < 1.29 is 4.79 Å². The number of benzene rings is 1. The summed E-state index contributed by atoms with van der Waals surface area (Å²) in [6.07, 6.45) is 9.20. The summed E-state index contributed by atoms with van der Waals surface area (Å²) >= 11 is 0. The fourth-order valence-corrected chi connectivity index (χ4v) is 2.72. The smallest absolute Gasteiger partial charge is 0.133 e. The second-order valence-corrected chi connectivity index (χ2v) is 5.23. The van der Waals surface area contributed by atoms with E-state index in [0.717, 1.165) is 19.3 Å². The summed E-state index contributed by atoms with van der Waals surface area (Å²) in [5.41, 5.74) is 1.45. The summed E-state index contributed by atoms with van der Waals surface area (Å²) in [7, 11) is 0. The lowest BCUT2D eigenvalue weighted by Crippen LogP contribution is -1.95. The molecule has 0 radical (unpaired) electrons. The summed E-state index contributed by atoms with van der Waals surface area (Å²) in [5, 5.41) is 0. The lowest BCUT2D eigenvalue weighted by atomic mass is 9.98. The van der Waals surface area contributed by atoms with Crippen LogP contribution in [-0.4, -0.2) is 5.78 Å². The van der Waals surface area contributed by atoms with Gasteiger partial charge in [0.25, 0.3) is 0 Å². The highest BCUT2D eigenvalue weighted by Crippen LogP contribution is 2.26. The van der Waals surface area contributed by atoms with Crippen molar-refractivity contribution in [2.75, 3.05) is 0 Å². The molecule has 1 aromatic rings. The molecule has 0 N–H and O–H groups in total. The second-order valence-electron chi connectivity index (χ2n) is 5.23. The molecular formula is C16H22O. The summed E-state index contributed by atoms with van der Waals surface area (Å²) in [5.74, 6) is 1.19. The van der Waals surface area contributed by atoms with Gasteiger partial charge in [0.2, 0.25) is 0 Å². The molecule has 1 nitrogen and oxygen atoms in total. The summed E-state index contributed by atoms with van der Waals surface area (Å²) in [4.78, 5) is 11.1. The van der Waals surface area contributed by atoms with E-state index >= 15 is 0 Å². The first-order valence-corrected chi connectivity index (χ1v) is 6.90. The number of carbonyl (C=O) groups excluding carboxylic acids is 1. The van der Waals surface area contributed by atoms with E-state index in [-0.39, 0.29) is 0 Å². The van der Waals surface area contributed by atoms with Gasteiger partial charge in [-0.15, -0.1) is 0 Å². The van der Waals surface area contributed by atoms with Crippen molar-refractivity contribution >= 4 is 5.78 Å². The average molecular weight is 230 g/mol. The van der Waals surface area contributed by atoms with E-state index in [2.05, 4.69) is 30.3 Å². The van der Waals surface area contributed by atoms with Crippen LogP contribution in [0.2, 0.25) is 0 Å². The van der Waals surface area contributed by atoms with Gasteiger partial charge < -0.3 is 0 Å². The van der Waals surface area contributed by atoms with Gasteiger partial charge in [-0.25, -0.2) is 0 Å². The minimum Gasteiger partial charge on any atom is -0.300 e. The Morgan fingerprint density at radius 2 is 1.88 bits per heavy atom. The Labute approximate surface area is 104 Å². The van der Waals surface area contributed by atoms with Crippen molar-refractivity contribution in [1.82, 2.24) is 0 Å². The Bertz CT molecular complexity index is 342. The summed E-state index contributed by atoms with van der Waals surface area (Å²) in [6, 6.07) is 10.7. The molecule has 1 heteroatoms. The predicted octanol–water partition coefficient (Wildman–Crippen LogP) is 4.16. The number of carbonyl (C=O) groups is 1. The summed E-state index contributed by atoms with van der Waals surface area (Å²) < 4.78 is 0. The van der Waals surface area contributed by atoms with Crippen molar-refractivity contribution in [2.45, 2.75) is 51.4 Å². The van der Waals surface area contributed by atoms with Gasteiger partial charge >= 0.3 is 0 Å². The standard InChI is InChI=1S/C16H22O/c17-16-12-11-15(13-16)10-6-2-5-9-14-7-3-1-4-8-14/h1,3-4,7-8,15H,2,5-6,9-13H2/t15-/m0/s1. The Hall–Kier alpha value is -1.11. The lowest BCUT2D eigenvalue weighted by molar-refractivity contribution is -0.117. The average Bonchev–Trinajstić information content (AvgIpc) is 2.76. The number of hydrogen-bond donors (Lipinski definition) is 0. The van der Waals surface area contributed by atoms with Crippen LogP contribution in [0.15, 0.2) is 30.3 Å². The number of unbranched alkanes of at least 4 members (excludes halogenated alkanes) is 2. The molecule has 1 aliphatic rings. The van der Waals surface area contributed by atoms with E-state index in [1.54, 1.807) is 0 Å². The maximum atomic E-state index is 11.1. The van der Waals surface area contributed by atoms with Crippen LogP contribution in [0.1, 0.15) is 50.5 Å². The molecule has 1 saturated carbocycles. The first-order valence-electron chi connectivity index (χ1n) is 6.90. The fraction of sp³-hybridized carbons (Fsp3) is 0.562. The zero-order valence-corrected chi connectivity index (χ0v) is 10.5. The van der Waals surface area contributed by atoms with Crippen molar-refractivity contribution in [3.05, 3.63) is 35.9 Å². The zero-order valence-electron chi connectivity index (χ0n) is 10.5. The molecule has 0 spiro atoms. The molecule has 0 aliphatic heterocycles. The lowest BCUT2D eigenvalue weighted by Gasteiger charge is -2.07. The Kier molecular flexibility index (Phi) is 4.78.